The maximum absolute atomic E-state index is 9.96. The van der Waals surface area contributed by atoms with E-state index in [2.05, 4.69) is 25.3 Å². The van der Waals surface area contributed by atoms with Crippen LogP contribution in [-0.2, 0) is 6.54 Å². The molecule has 2 heterocycles. The van der Waals surface area contributed by atoms with E-state index in [1.54, 1.807) is 6.33 Å². The number of hydrogen-bond donors (Lipinski definition) is 3. The Bertz CT molecular complexity index is 722. The van der Waals surface area contributed by atoms with E-state index in [1.807, 2.05) is 25.1 Å². The van der Waals surface area contributed by atoms with Crippen molar-refractivity contribution in [3.63, 3.8) is 0 Å². The van der Waals surface area contributed by atoms with E-state index in [1.165, 1.54) is 6.33 Å². The molecule has 0 atom stereocenters. The number of rotatable bonds is 3. The Balaban J connectivity index is 1.86. The van der Waals surface area contributed by atoms with E-state index >= 15 is 0 Å². The molecule has 6 heteroatoms. The standard InChI is InChI=1S/C13H13N5O/c1-8-3-2-4-9(11(8)19)5-14-12-10-13(16-6-15-10)18-7-17-12/h2-4,6-7,19H,5H2,1H3,(H2,14,15,16,17,18). The summed E-state index contributed by atoms with van der Waals surface area (Å²) in [7, 11) is 0. The molecule has 0 amide bonds. The van der Waals surface area contributed by atoms with Crippen molar-refractivity contribution in [3.8, 4) is 5.75 Å². The van der Waals surface area contributed by atoms with Gasteiger partial charge in [-0.15, -0.1) is 0 Å². The molecule has 3 N–H and O–H groups in total. The van der Waals surface area contributed by atoms with Crippen molar-refractivity contribution in [2.45, 2.75) is 13.5 Å². The molecule has 0 aliphatic carbocycles. The summed E-state index contributed by atoms with van der Waals surface area (Å²) in [6.45, 7) is 2.36. The molecule has 0 unspecified atom stereocenters. The molecule has 0 fully saturated rings. The van der Waals surface area contributed by atoms with Crippen LogP contribution in [0, 0.1) is 6.92 Å². The highest BCUT2D eigenvalue weighted by Gasteiger charge is 2.07. The number of hydrogen-bond acceptors (Lipinski definition) is 5. The number of aromatic hydroxyl groups is 1. The second kappa shape index (κ2) is 4.56. The van der Waals surface area contributed by atoms with Gasteiger partial charge in [-0.05, 0) is 12.5 Å². The van der Waals surface area contributed by atoms with Crippen LogP contribution >= 0.6 is 0 Å². The van der Waals surface area contributed by atoms with Crippen molar-refractivity contribution in [1.82, 2.24) is 19.9 Å². The first-order chi connectivity index (χ1) is 9.25. The Morgan fingerprint density at radius 1 is 1.26 bits per heavy atom. The highest BCUT2D eigenvalue weighted by Crippen LogP contribution is 2.23. The zero-order valence-corrected chi connectivity index (χ0v) is 10.4. The molecule has 0 bridgehead atoms. The summed E-state index contributed by atoms with van der Waals surface area (Å²) >= 11 is 0. The van der Waals surface area contributed by atoms with Crippen LogP contribution in [0.4, 0.5) is 5.82 Å². The van der Waals surface area contributed by atoms with Crippen molar-refractivity contribution in [1.29, 1.82) is 0 Å². The quantitative estimate of drug-likeness (QED) is 0.666. The number of H-pyrrole nitrogens is 1. The number of aromatic amines is 1. The SMILES string of the molecule is Cc1cccc(CNc2ncnc3nc[nH]c23)c1O. The molecule has 96 valence electrons. The number of para-hydroxylation sites is 1. The third-order valence-electron chi connectivity index (χ3n) is 2.99. The lowest BCUT2D eigenvalue weighted by molar-refractivity contribution is 0.465. The van der Waals surface area contributed by atoms with Gasteiger partial charge in [0, 0.05) is 12.1 Å². The van der Waals surface area contributed by atoms with E-state index < -0.39 is 0 Å². The molecule has 3 aromatic rings. The van der Waals surface area contributed by atoms with Crippen LogP contribution in [0.3, 0.4) is 0 Å². The van der Waals surface area contributed by atoms with Gasteiger partial charge in [-0.3, -0.25) is 0 Å². The van der Waals surface area contributed by atoms with Crippen LogP contribution < -0.4 is 5.32 Å². The van der Waals surface area contributed by atoms with Gasteiger partial charge in [-0.2, -0.15) is 0 Å². The minimum atomic E-state index is 0.310. The molecule has 19 heavy (non-hydrogen) atoms. The van der Waals surface area contributed by atoms with E-state index in [0.29, 0.717) is 23.8 Å². The molecule has 0 aliphatic heterocycles. The molecule has 1 aromatic carbocycles. The third kappa shape index (κ3) is 2.08. The summed E-state index contributed by atoms with van der Waals surface area (Å²) in [5.41, 5.74) is 3.06. The summed E-state index contributed by atoms with van der Waals surface area (Å²) in [5.74, 6) is 0.980. The van der Waals surface area contributed by atoms with Gasteiger partial charge in [0.2, 0.25) is 0 Å². The normalized spacial score (nSPS) is 10.8. The lowest BCUT2D eigenvalue weighted by Gasteiger charge is -2.09. The van der Waals surface area contributed by atoms with E-state index in [-0.39, 0.29) is 0 Å². The molecule has 3 rings (SSSR count). The second-order valence-corrected chi connectivity index (χ2v) is 4.26. The number of phenols is 1. The zero-order valence-electron chi connectivity index (χ0n) is 10.4. The van der Waals surface area contributed by atoms with Crippen molar-refractivity contribution in [2.75, 3.05) is 5.32 Å². The predicted molar refractivity (Wildman–Crippen MR) is 71.9 cm³/mol. The van der Waals surface area contributed by atoms with Gasteiger partial charge >= 0.3 is 0 Å². The molecule has 0 saturated heterocycles. The minimum absolute atomic E-state index is 0.310. The average molecular weight is 255 g/mol. The molecule has 0 spiro atoms. The molecule has 0 aliphatic rings. The van der Waals surface area contributed by atoms with Gasteiger partial charge < -0.3 is 15.4 Å². The van der Waals surface area contributed by atoms with Gasteiger partial charge in [0.25, 0.3) is 0 Å². The van der Waals surface area contributed by atoms with E-state index in [4.69, 9.17) is 0 Å². The van der Waals surface area contributed by atoms with Gasteiger partial charge in [-0.25, -0.2) is 15.0 Å². The lowest BCUT2D eigenvalue weighted by Crippen LogP contribution is -2.03. The zero-order chi connectivity index (χ0) is 13.2. The van der Waals surface area contributed by atoms with Crippen molar-refractivity contribution in [3.05, 3.63) is 42.0 Å². The number of benzene rings is 1. The Hall–Kier alpha value is -2.63. The van der Waals surface area contributed by atoms with Gasteiger partial charge in [0.1, 0.15) is 17.6 Å². The second-order valence-electron chi connectivity index (χ2n) is 4.26. The molecule has 0 saturated carbocycles. The summed E-state index contributed by atoms with van der Waals surface area (Å²) in [4.78, 5) is 15.3. The number of aromatic nitrogens is 4. The van der Waals surface area contributed by atoms with Gasteiger partial charge in [0.15, 0.2) is 11.5 Å². The summed E-state index contributed by atoms with van der Waals surface area (Å²) in [5, 5.41) is 13.1. The Labute approximate surface area is 109 Å². The Morgan fingerprint density at radius 2 is 2.16 bits per heavy atom. The number of nitrogens with one attached hydrogen (secondary N) is 2. The minimum Gasteiger partial charge on any atom is -0.507 e. The largest absolute Gasteiger partial charge is 0.507 e. The Kier molecular flexibility index (Phi) is 2.75. The van der Waals surface area contributed by atoms with Crippen LogP contribution in [0.5, 0.6) is 5.75 Å². The van der Waals surface area contributed by atoms with E-state index in [0.717, 1.165) is 16.6 Å². The number of nitrogens with zero attached hydrogens (tertiary/aromatic N) is 3. The smallest absolute Gasteiger partial charge is 0.182 e. The van der Waals surface area contributed by atoms with Crippen molar-refractivity contribution in [2.24, 2.45) is 0 Å². The topological polar surface area (TPSA) is 86.7 Å². The van der Waals surface area contributed by atoms with Crippen LogP contribution in [-0.4, -0.2) is 25.0 Å². The van der Waals surface area contributed by atoms with Gasteiger partial charge in [-0.1, -0.05) is 18.2 Å². The number of phenolic OH excluding ortho intramolecular Hbond substituents is 1. The van der Waals surface area contributed by atoms with Crippen LogP contribution in [0.1, 0.15) is 11.1 Å². The van der Waals surface area contributed by atoms with Crippen LogP contribution in [0.15, 0.2) is 30.9 Å². The van der Waals surface area contributed by atoms with E-state index in [9.17, 15) is 5.11 Å². The fourth-order valence-electron chi connectivity index (χ4n) is 1.94. The molecule has 0 radical (unpaired) electrons. The summed E-state index contributed by atoms with van der Waals surface area (Å²) < 4.78 is 0. The predicted octanol–water partition coefficient (Wildman–Crippen LogP) is 1.98. The maximum atomic E-state index is 9.96. The highest BCUT2D eigenvalue weighted by molar-refractivity contribution is 5.81. The number of anilines is 1. The lowest BCUT2D eigenvalue weighted by atomic mass is 10.1. The number of imidazole rings is 1. The first-order valence-electron chi connectivity index (χ1n) is 5.91. The van der Waals surface area contributed by atoms with Crippen molar-refractivity contribution >= 4 is 17.0 Å². The summed E-state index contributed by atoms with van der Waals surface area (Å²) in [6, 6.07) is 5.66. The summed E-state index contributed by atoms with van der Waals surface area (Å²) in [6.07, 6.45) is 3.04. The van der Waals surface area contributed by atoms with Crippen molar-refractivity contribution < 1.29 is 5.11 Å². The monoisotopic (exact) mass is 255 g/mol. The van der Waals surface area contributed by atoms with Crippen LogP contribution in [0.25, 0.3) is 11.2 Å². The average Bonchev–Trinajstić information content (AvgIpc) is 2.89. The van der Waals surface area contributed by atoms with Crippen LogP contribution in [0.2, 0.25) is 0 Å². The fraction of sp³-hybridized carbons (Fsp3) is 0.154. The highest BCUT2D eigenvalue weighted by atomic mass is 16.3. The number of aryl methyl sites for hydroxylation is 1. The molecule has 6 nitrogen and oxygen atoms in total. The first-order valence-corrected chi connectivity index (χ1v) is 5.91. The maximum Gasteiger partial charge on any atom is 0.182 e. The number of fused-ring (bicyclic) bond motifs is 1. The molecular weight excluding hydrogens is 242 g/mol. The Morgan fingerprint density at radius 3 is 3.05 bits per heavy atom. The first kappa shape index (κ1) is 11.5. The molecular formula is C13H13N5O. The van der Waals surface area contributed by atoms with Gasteiger partial charge in [0.05, 0.1) is 6.33 Å². The third-order valence-corrected chi connectivity index (χ3v) is 2.99. The fourth-order valence-corrected chi connectivity index (χ4v) is 1.94. The molecule has 2 aromatic heterocycles.